The Morgan fingerprint density at radius 2 is 2.10 bits per heavy atom. The average Bonchev–Trinajstić information content (AvgIpc) is 2.89. The van der Waals surface area contributed by atoms with Crippen LogP contribution in [0.4, 0.5) is 5.82 Å². The van der Waals surface area contributed by atoms with E-state index < -0.39 is 23.7 Å². The summed E-state index contributed by atoms with van der Waals surface area (Å²) in [4.78, 5) is 39.8. The second-order valence-corrected chi connectivity index (χ2v) is 5.06. The standard InChI is InChI=1S/C14H15ClN2O4/c1-2-21-14(20)11-8-9(18)7-10(11)13(19)17(15)12-5-3-4-6-16-12/h3-6,10-11H,2,7-8H2,1H3. The molecule has 21 heavy (non-hydrogen) atoms. The first-order chi connectivity index (χ1) is 10.0. The normalized spacial score (nSPS) is 21.1. The molecule has 1 saturated carbocycles. The summed E-state index contributed by atoms with van der Waals surface area (Å²) in [5.41, 5.74) is 0. The molecule has 1 aromatic heterocycles. The molecule has 1 fully saturated rings. The number of pyridine rings is 1. The molecule has 1 aromatic rings. The van der Waals surface area contributed by atoms with Crippen molar-refractivity contribution in [3.63, 3.8) is 0 Å². The Hall–Kier alpha value is -1.95. The zero-order valence-corrected chi connectivity index (χ0v) is 12.2. The molecule has 2 unspecified atom stereocenters. The van der Waals surface area contributed by atoms with Crippen LogP contribution in [0.5, 0.6) is 0 Å². The molecule has 1 heterocycles. The first-order valence-electron chi connectivity index (χ1n) is 6.63. The van der Waals surface area contributed by atoms with Gasteiger partial charge in [0.1, 0.15) is 5.78 Å². The summed E-state index contributed by atoms with van der Waals surface area (Å²) in [5, 5.41) is 0. The first-order valence-corrected chi connectivity index (χ1v) is 6.97. The molecule has 1 amide bonds. The Bertz CT molecular complexity index is 549. The molecule has 1 aliphatic rings. The van der Waals surface area contributed by atoms with Gasteiger partial charge < -0.3 is 4.74 Å². The Morgan fingerprint density at radius 3 is 2.71 bits per heavy atom. The number of ketones is 1. The van der Waals surface area contributed by atoms with Crippen LogP contribution in [0.2, 0.25) is 0 Å². The van der Waals surface area contributed by atoms with E-state index in [9.17, 15) is 14.4 Å². The average molecular weight is 311 g/mol. The molecule has 0 saturated heterocycles. The number of aromatic nitrogens is 1. The van der Waals surface area contributed by atoms with Crippen molar-refractivity contribution < 1.29 is 19.1 Å². The van der Waals surface area contributed by atoms with Crippen LogP contribution in [-0.4, -0.2) is 29.3 Å². The minimum Gasteiger partial charge on any atom is -0.466 e. The molecule has 2 rings (SSSR count). The van der Waals surface area contributed by atoms with E-state index in [2.05, 4.69) is 4.98 Å². The van der Waals surface area contributed by atoms with Crippen molar-refractivity contribution in [3.8, 4) is 0 Å². The van der Waals surface area contributed by atoms with Gasteiger partial charge in [-0.05, 0) is 19.1 Å². The molecule has 6 nitrogen and oxygen atoms in total. The lowest BCUT2D eigenvalue weighted by Crippen LogP contribution is -2.35. The van der Waals surface area contributed by atoms with Crippen LogP contribution in [0.15, 0.2) is 24.4 Å². The maximum absolute atomic E-state index is 12.4. The number of hydrogen-bond donors (Lipinski definition) is 0. The van der Waals surface area contributed by atoms with Crippen LogP contribution < -0.4 is 4.42 Å². The van der Waals surface area contributed by atoms with E-state index in [1.807, 2.05) is 0 Å². The summed E-state index contributed by atoms with van der Waals surface area (Å²) >= 11 is 5.99. The number of hydrogen-bond acceptors (Lipinski definition) is 5. The molecule has 1 aliphatic carbocycles. The van der Waals surface area contributed by atoms with Gasteiger partial charge in [-0.3, -0.25) is 14.4 Å². The highest BCUT2D eigenvalue weighted by molar-refractivity contribution is 6.37. The van der Waals surface area contributed by atoms with E-state index in [0.29, 0.717) is 0 Å². The third kappa shape index (κ3) is 3.39. The van der Waals surface area contributed by atoms with Gasteiger partial charge in [-0.1, -0.05) is 6.07 Å². The van der Waals surface area contributed by atoms with E-state index in [0.717, 1.165) is 4.42 Å². The van der Waals surface area contributed by atoms with Crippen molar-refractivity contribution in [2.24, 2.45) is 11.8 Å². The summed E-state index contributed by atoms with van der Waals surface area (Å²) in [7, 11) is 0. The largest absolute Gasteiger partial charge is 0.466 e. The van der Waals surface area contributed by atoms with Crippen LogP contribution in [0.3, 0.4) is 0 Å². The van der Waals surface area contributed by atoms with E-state index in [1.165, 1.54) is 6.20 Å². The number of halogens is 1. The van der Waals surface area contributed by atoms with E-state index in [-0.39, 0.29) is 31.0 Å². The monoisotopic (exact) mass is 310 g/mol. The van der Waals surface area contributed by atoms with Gasteiger partial charge >= 0.3 is 5.97 Å². The zero-order chi connectivity index (χ0) is 15.4. The fourth-order valence-electron chi connectivity index (χ4n) is 2.34. The highest BCUT2D eigenvalue weighted by Gasteiger charge is 2.44. The van der Waals surface area contributed by atoms with E-state index >= 15 is 0 Å². The summed E-state index contributed by atoms with van der Waals surface area (Å²) in [6.07, 6.45) is 1.52. The van der Waals surface area contributed by atoms with Crippen LogP contribution in [-0.2, 0) is 19.1 Å². The molecule has 0 spiro atoms. The third-order valence-corrected chi connectivity index (χ3v) is 3.67. The number of ether oxygens (including phenoxy) is 1. The topological polar surface area (TPSA) is 76.6 Å². The Balaban J connectivity index is 2.16. The molecule has 0 aliphatic heterocycles. The minimum atomic E-state index is -0.795. The van der Waals surface area contributed by atoms with Crippen molar-refractivity contribution in [2.45, 2.75) is 19.8 Å². The van der Waals surface area contributed by atoms with E-state index in [1.54, 1.807) is 25.1 Å². The predicted octanol–water partition coefficient (Wildman–Crippen LogP) is 1.73. The first kappa shape index (κ1) is 15.4. The summed E-state index contributed by atoms with van der Waals surface area (Å²) in [6.45, 7) is 1.88. The molecule has 0 bridgehead atoms. The lowest BCUT2D eigenvalue weighted by molar-refractivity contribution is -0.151. The molecule has 2 atom stereocenters. The number of esters is 1. The number of nitrogens with zero attached hydrogens (tertiary/aromatic N) is 2. The van der Waals surface area contributed by atoms with Gasteiger partial charge in [-0.25, -0.2) is 9.40 Å². The Kier molecular flexibility index (Phi) is 4.90. The molecule has 112 valence electrons. The number of anilines is 1. The van der Waals surface area contributed by atoms with Gasteiger partial charge in [0, 0.05) is 30.8 Å². The van der Waals surface area contributed by atoms with Gasteiger partial charge in [0.25, 0.3) is 0 Å². The molecular weight excluding hydrogens is 296 g/mol. The Labute approximate surface area is 127 Å². The molecular formula is C14H15ClN2O4. The summed E-state index contributed by atoms with van der Waals surface area (Å²) in [6, 6.07) is 4.95. The van der Waals surface area contributed by atoms with Crippen LogP contribution >= 0.6 is 11.8 Å². The van der Waals surface area contributed by atoms with Gasteiger partial charge in [0.15, 0.2) is 5.82 Å². The number of amides is 1. The van der Waals surface area contributed by atoms with Gasteiger partial charge in [-0.15, -0.1) is 0 Å². The lowest BCUT2D eigenvalue weighted by Gasteiger charge is -2.20. The third-order valence-electron chi connectivity index (χ3n) is 3.33. The van der Waals surface area contributed by atoms with Crippen molar-refractivity contribution >= 4 is 35.3 Å². The Morgan fingerprint density at radius 1 is 1.38 bits per heavy atom. The van der Waals surface area contributed by atoms with Crippen molar-refractivity contribution in [3.05, 3.63) is 24.4 Å². The van der Waals surface area contributed by atoms with Crippen molar-refractivity contribution in [2.75, 3.05) is 11.0 Å². The molecule has 7 heteroatoms. The number of carbonyl (C=O) groups is 3. The minimum absolute atomic E-state index is 0.00162. The quantitative estimate of drug-likeness (QED) is 0.625. The van der Waals surface area contributed by atoms with Crippen LogP contribution in [0, 0.1) is 11.8 Å². The highest BCUT2D eigenvalue weighted by Crippen LogP contribution is 2.33. The molecule has 0 aromatic carbocycles. The fourth-order valence-corrected chi connectivity index (χ4v) is 2.57. The number of carbonyl (C=O) groups excluding carboxylic acids is 3. The van der Waals surface area contributed by atoms with Crippen molar-refractivity contribution in [1.82, 2.24) is 4.98 Å². The summed E-state index contributed by atoms with van der Waals surface area (Å²) in [5.74, 6) is -2.50. The summed E-state index contributed by atoms with van der Waals surface area (Å²) < 4.78 is 5.78. The van der Waals surface area contributed by atoms with Gasteiger partial charge in [0.05, 0.1) is 18.4 Å². The highest BCUT2D eigenvalue weighted by atomic mass is 35.5. The number of Topliss-reactive ketones (excluding diaryl/α,β-unsaturated/α-hetero) is 1. The fraction of sp³-hybridized carbons (Fsp3) is 0.429. The van der Waals surface area contributed by atoms with E-state index in [4.69, 9.17) is 16.5 Å². The second kappa shape index (κ2) is 6.67. The second-order valence-electron chi connectivity index (χ2n) is 4.72. The van der Waals surface area contributed by atoms with Crippen LogP contribution in [0.1, 0.15) is 19.8 Å². The van der Waals surface area contributed by atoms with Gasteiger partial charge in [-0.2, -0.15) is 0 Å². The maximum Gasteiger partial charge on any atom is 0.310 e. The lowest BCUT2D eigenvalue weighted by atomic mass is 9.95. The van der Waals surface area contributed by atoms with Crippen molar-refractivity contribution in [1.29, 1.82) is 0 Å². The zero-order valence-electron chi connectivity index (χ0n) is 11.5. The SMILES string of the molecule is CCOC(=O)C1CC(=O)CC1C(=O)N(Cl)c1ccccn1. The van der Waals surface area contributed by atoms with Crippen LogP contribution in [0.25, 0.3) is 0 Å². The maximum atomic E-state index is 12.4. The number of rotatable bonds is 4. The predicted molar refractivity (Wildman–Crippen MR) is 75.4 cm³/mol. The molecule has 0 N–H and O–H groups in total. The van der Waals surface area contributed by atoms with Gasteiger partial charge in [0.2, 0.25) is 5.91 Å². The smallest absolute Gasteiger partial charge is 0.310 e. The molecule has 0 radical (unpaired) electrons.